The van der Waals surface area contributed by atoms with E-state index in [0.29, 0.717) is 24.3 Å². The Morgan fingerprint density at radius 1 is 1.20 bits per heavy atom. The molecule has 1 saturated heterocycles. The zero-order chi connectivity index (χ0) is 15.2. The molecule has 20 heavy (non-hydrogen) atoms. The number of likely N-dealkylation sites (tertiary alicyclic amines) is 1. The number of aliphatic carboxylic acids is 1. The summed E-state index contributed by atoms with van der Waals surface area (Å²) in [5.41, 5.74) is 0.319. The largest absolute Gasteiger partial charge is 0.481 e. The summed E-state index contributed by atoms with van der Waals surface area (Å²) in [4.78, 5) is 24.2. The van der Waals surface area contributed by atoms with Crippen molar-refractivity contribution >= 4 is 12.0 Å². The zero-order valence-corrected chi connectivity index (χ0v) is 12.9. The Bertz CT molecular complexity index is 329. The van der Waals surface area contributed by atoms with Crippen LogP contribution in [0.25, 0.3) is 0 Å². The Kier molecular flexibility index (Phi) is 6.30. The van der Waals surface area contributed by atoms with E-state index in [-0.39, 0.29) is 12.5 Å². The third-order valence-corrected chi connectivity index (χ3v) is 4.10. The van der Waals surface area contributed by atoms with E-state index < -0.39 is 5.97 Å². The second kappa shape index (κ2) is 7.50. The highest BCUT2D eigenvalue weighted by Gasteiger charge is 2.30. The first-order chi connectivity index (χ1) is 9.30. The van der Waals surface area contributed by atoms with E-state index in [1.165, 1.54) is 0 Å². The Morgan fingerprint density at radius 2 is 1.80 bits per heavy atom. The van der Waals surface area contributed by atoms with Gasteiger partial charge in [0.25, 0.3) is 0 Å². The van der Waals surface area contributed by atoms with Gasteiger partial charge in [-0.3, -0.25) is 4.79 Å². The fraction of sp³-hybridized carbons (Fsp3) is 0.867. The molecule has 0 unspecified atom stereocenters. The van der Waals surface area contributed by atoms with Crippen molar-refractivity contribution in [1.29, 1.82) is 0 Å². The van der Waals surface area contributed by atoms with Gasteiger partial charge >= 0.3 is 12.0 Å². The maximum atomic E-state index is 11.9. The molecule has 5 nitrogen and oxygen atoms in total. The van der Waals surface area contributed by atoms with E-state index >= 15 is 0 Å². The van der Waals surface area contributed by atoms with Gasteiger partial charge in [0.05, 0.1) is 0 Å². The van der Waals surface area contributed by atoms with Crippen LogP contribution in [0.2, 0.25) is 0 Å². The summed E-state index contributed by atoms with van der Waals surface area (Å²) in [6, 6.07) is -0.00677. The predicted octanol–water partition coefficient (Wildman–Crippen LogP) is 2.71. The Hall–Kier alpha value is -1.26. The van der Waals surface area contributed by atoms with Crippen LogP contribution >= 0.6 is 0 Å². The van der Waals surface area contributed by atoms with Crippen LogP contribution in [0.4, 0.5) is 4.79 Å². The van der Waals surface area contributed by atoms with Gasteiger partial charge in [-0.05, 0) is 37.0 Å². The number of hydrogen-bond acceptors (Lipinski definition) is 2. The smallest absolute Gasteiger partial charge is 0.317 e. The molecule has 2 amide bonds. The minimum Gasteiger partial charge on any atom is -0.481 e. The maximum Gasteiger partial charge on any atom is 0.317 e. The van der Waals surface area contributed by atoms with E-state index in [9.17, 15) is 9.59 Å². The van der Waals surface area contributed by atoms with Crippen molar-refractivity contribution in [2.75, 3.05) is 19.6 Å². The number of carboxylic acid groups (broad SMARTS) is 1. The molecule has 0 aromatic rings. The molecular formula is C15H28N2O3. The van der Waals surface area contributed by atoms with E-state index in [2.05, 4.69) is 26.1 Å². The molecule has 0 aromatic heterocycles. The number of nitrogens with one attached hydrogen (secondary N) is 1. The molecule has 0 aliphatic carbocycles. The van der Waals surface area contributed by atoms with Gasteiger partial charge in [0.2, 0.25) is 0 Å². The second-order valence-corrected chi connectivity index (χ2v) is 6.71. The predicted molar refractivity (Wildman–Crippen MR) is 78.6 cm³/mol. The average molecular weight is 284 g/mol. The highest BCUT2D eigenvalue weighted by molar-refractivity contribution is 5.74. The number of hydrogen-bond donors (Lipinski definition) is 2. The second-order valence-electron chi connectivity index (χ2n) is 6.71. The Balaban J connectivity index is 2.18. The van der Waals surface area contributed by atoms with Crippen LogP contribution in [0.3, 0.4) is 0 Å². The topological polar surface area (TPSA) is 69.6 Å². The van der Waals surface area contributed by atoms with Crippen LogP contribution < -0.4 is 5.32 Å². The molecule has 0 aromatic carbocycles. The van der Waals surface area contributed by atoms with Gasteiger partial charge in [-0.1, -0.05) is 20.8 Å². The van der Waals surface area contributed by atoms with Crippen LogP contribution in [0.1, 0.15) is 52.9 Å². The molecule has 1 fully saturated rings. The molecular weight excluding hydrogens is 256 g/mol. The first-order valence-corrected chi connectivity index (χ1v) is 7.55. The summed E-state index contributed by atoms with van der Waals surface area (Å²) in [6.07, 6.45) is 3.64. The Morgan fingerprint density at radius 3 is 2.30 bits per heavy atom. The molecule has 116 valence electrons. The van der Waals surface area contributed by atoms with Gasteiger partial charge in [-0.2, -0.15) is 0 Å². The molecule has 1 aliphatic rings. The lowest BCUT2D eigenvalue weighted by Crippen LogP contribution is -2.46. The molecule has 1 heterocycles. The average Bonchev–Trinajstić information content (AvgIpc) is 2.37. The van der Waals surface area contributed by atoms with Crippen molar-refractivity contribution in [2.45, 2.75) is 52.9 Å². The van der Waals surface area contributed by atoms with Gasteiger partial charge in [0.15, 0.2) is 0 Å². The van der Waals surface area contributed by atoms with E-state index in [1.54, 1.807) is 0 Å². The van der Waals surface area contributed by atoms with Crippen molar-refractivity contribution in [1.82, 2.24) is 10.2 Å². The van der Waals surface area contributed by atoms with Gasteiger partial charge < -0.3 is 15.3 Å². The quantitative estimate of drug-likeness (QED) is 0.763. The molecule has 0 bridgehead atoms. The lowest BCUT2D eigenvalue weighted by atomic mass is 9.75. The molecule has 1 rings (SSSR count). The van der Waals surface area contributed by atoms with Crippen molar-refractivity contribution in [2.24, 2.45) is 11.3 Å². The highest BCUT2D eigenvalue weighted by atomic mass is 16.4. The number of urea groups is 1. The van der Waals surface area contributed by atoms with Gasteiger partial charge in [-0.25, -0.2) is 4.79 Å². The number of rotatable bonds is 5. The van der Waals surface area contributed by atoms with Crippen LogP contribution in [0.15, 0.2) is 0 Å². The summed E-state index contributed by atoms with van der Waals surface area (Å²) in [5, 5.41) is 11.4. The van der Waals surface area contributed by atoms with Crippen molar-refractivity contribution < 1.29 is 14.7 Å². The van der Waals surface area contributed by atoms with E-state index in [0.717, 1.165) is 32.4 Å². The van der Waals surface area contributed by atoms with Crippen LogP contribution in [0, 0.1) is 11.3 Å². The lowest BCUT2D eigenvalue weighted by molar-refractivity contribution is -0.137. The van der Waals surface area contributed by atoms with Crippen LogP contribution in [-0.4, -0.2) is 41.6 Å². The number of amides is 2. The minimum absolute atomic E-state index is 0.00677. The summed E-state index contributed by atoms with van der Waals surface area (Å²) in [7, 11) is 0. The molecule has 0 atom stereocenters. The first-order valence-electron chi connectivity index (χ1n) is 7.55. The standard InChI is InChI=1S/C15H28N2O3/c1-15(2,3)12-7-10-17(11-8-12)14(20)16-9-5-4-6-13(18)19/h12H,4-11H2,1-3H3,(H,16,20)(H,18,19). The summed E-state index contributed by atoms with van der Waals surface area (Å²) in [5.74, 6) is -0.0947. The maximum absolute atomic E-state index is 11.9. The van der Waals surface area contributed by atoms with Crippen LogP contribution in [-0.2, 0) is 4.79 Å². The molecule has 5 heteroatoms. The number of unbranched alkanes of at least 4 members (excludes halogenated alkanes) is 1. The molecule has 0 spiro atoms. The molecule has 1 aliphatic heterocycles. The third kappa shape index (κ3) is 5.80. The minimum atomic E-state index is -0.777. The molecule has 2 N–H and O–H groups in total. The number of carboxylic acids is 1. The highest BCUT2D eigenvalue weighted by Crippen LogP contribution is 2.34. The normalized spacial score (nSPS) is 17.1. The fourth-order valence-corrected chi connectivity index (χ4v) is 2.66. The third-order valence-electron chi connectivity index (χ3n) is 4.10. The van der Waals surface area contributed by atoms with E-state index in [4.69, 9.17) is 5.11 Å². The number of carbonyl (C=O) groups is 2. The van der Waals surface area contributed by atoms with Gasteiger partial charge in [0.1, 0.15) is 0 Å². The number of carbonyl (C=O) groups excluding carboxylic acids is 1. The zero-order valence-electron chi connectivity index (χ0n) is 12.9. The van der Waals surface area contributed by atoms with Crippen molar-refractivity contribution in [3.05, 3.63) is 0 Å². The first kappa shape index (κ1) is 16.8. The number of nitrogens with zero attached hydrogens (tertiary/aromatic N) is 1. The molecule has 0 saturated carbocycles. The van der Waals surface area contributed by atoms with Gasteiger partial charge in [-0.15, -0.1) is 0 Å². The fourth-order valence-electron chi connectivity index (χ4n) is 2.66. The summed E-state index contributed by atoms with van der Waals surface area (Å²) in [6.45, 7) is 8.98. The van der Waals surface area contributed by atoms with Crippen LogP contribution in [0.5, 0.6) is 0 Å². The number of piperidine rings is 1. The summed E-state index contributed by atoms with van der Waals surface area (Å²) >= 11 is 0. The lowest BCUT2D eigenvalue weighted by Gasteiger charge is -2.38. The SMILES string of the molecule is CC(C)(C)C1CCN(C(=O)NCCCCC(=O)O)CC1. The van der Waals surface area contributed by atoms with Crippen molar-refractivity contribution in [3.63, 3.8) is 0 Å². The van der Waals surface area contributed by atoms with E-state index in [1.807, 2.05) is 4.90 Å². The molecule has 0 radical (unpaired) electrons. The Labute approximate surface area is 121 Å². The van der Waals surface area contributed by atoms with Crippen molar-refractivity contribution in [3.8, 4) is 0 Å². The summed E-state index contributed by atoms with van der Waals surface area (Å²) < 4.78 is 0. The monoisotopic (exact) mass is 284 g/mol. The van der Waals surface area contributed by atoms with Gasteiger partial charge in [0, 0.05) is 26.1 Å².